The maximum atomic E-state index is 13.2. The van der Waals surface area contributed by atoms with E-state index in [4.69, 9.17) is 0 Å². The molecule has 13 heavy (non-hydrogen) atoms. The summed E-state index contributed by atoms with van der Waals surface area (Å²) in [6.45, 7) is 2.08. The highest BCUT2D eigenvalue weighted by Gasteiger charge is 2.34. The van der Waals surface area contributed by atoms with Crippen molar-refractivity contribution >= 4 is 0 Å². The second-order valence-corrected chi connectivity index (χ2v) is 4.08. The molecule has 1 fully saturated rings. The number of halogens is 1. The summed E-state index contributed by atoms with van der Waals surface area (Å²) in [6.07, 6.45) is 5.65. The predicted octanol–water partition coefficient (Wildman–Crippen LogP) is 2.17. The van der Waals surface area contributed by atoms with E-state index in [1.165, 1.54) is 19.3 Å². The first-order valence-electron chi connectivity index (χ1n) is 4.79. The van der Waals surface area contributed by atoms with E-state index in [-0.39, 0.29) is 5.41 Å². The molecular weight excluding hydrogens is 169 g/mol. The molecule has 1 aromatic heterocycles. The van der Waals surface area contributed by atoms with Gasteiger partial charge >= 0.3 is 0 Å². The van der Waals surface area contributed by atoms with Crippen LogP contribution >= 0.6 is 0 Å². The van der Waals surface area contributed by atoms with Crippen molar-refractivity contribution in [3.8, 4) is 0 Å². The Morgan fingerprint density at radius 2 is 1.92 bits per heavy atom. The van der Waals surface area contributed by atoms with Crippen molar-refractivity contribution in [3.05, 3.63) is 11.6 Å². The fourth-order valence-corrected chi connectivity index (χ4v) is 2.17. The van der Waals surface area contributed by atoms with Gasteiger partial charge in [0, 0.05) is 5.41 Å². The SMILES string of the molecule is CC1(c2n[nH]nc2F)CCCCC1. The van der Waals surface area contributed by atoms with Crippen molar-refractivity contribution in [1.29, 1.82) is 0 Å². The number of hydrogen-bond donors (Lipinski definition) is 1. The molecule has 1 heterocycles. The van der Waals surface area contributed by atoms with Crippen LogP contribution in [0, 0.1) is 5.95 Å². The largest absolute Gasteiger partial charge is 0.256 e. The first-order valence-corrected chi connectivity index (χ1v) is 4.79. The number of H-pyrrole nitrogens is 1. The molecule has 0 bridgehead atoms. The number of hydrogen-bond acceptors (Lipinski definition) is 2. The molecule has 0 aliphatic heterocycles. The van der Waals surface area contributed by atoms with Crippen LogP contribution in [0.1, 0.15) is 44.7 Å². The maximum absolute atomic E-state index is 13.2. The highest BCUT2D eigenvalue weighted by Crippen LogP contribution is 2.38. The summed E-state index contributed by atoms with van der Waals surface area (Å²) >= 11 is 0. The van der Waals surface area contributed by atoms with E-state index in [0.29, 0.717) is 5.69 Å². The van der Waals surface area contributed by atoms with Gasteiger partial charge in [-0.1, -0.05) is 26.2 Å². The van der Waals surface area contributed by atoms with E-state index in [1.54, 1.807) is 0 Å². The third-order valence-corrected chi connectivity index (χ3v) is 3.03. The second kappa shape index (κ2) is 3.09. The first kappa shape index (κ1) is 8.66. The van der Waals surface area contributed by atoms with Crippen LogP contribution in [0.25, 0.3) is 0 Å². The van der Waals surface area contributed by atoms with Gasteiger partial charge in [-0.05, 0) is 12.8 Å². The molecule has 1 N–H and O–H groups in total. The number of nitrogens with zero attached hydrogens (tertiary/aromatic N) is 2. The fourth-order valence-electron chi connectivity index (χ4n) is 2.17. The van der Waals surface area contributed by atoms with E-state index < -0.39 is 5.95 Å². The van der Waals surface area contributed by atoms with E-state index in [9.17, 15) is 4.39 Å². The lowest BCUT2D eigenvalue weighted by Gasteiger charge is -2.31. The molecule has 0 unspecified atom stereocenters. The number of nitrogens with one attached hydrogen (secondary N) is 1. The minimum atomic E-state index is -0.426. The van der Waals surface area contributed by atoms with Gasteiger partial charge in [0.1, 0.15) is 5.69 Å². The van der Waals surface area contributed by atoms with Crippen LogP contribution in [0.3, 0.4) is 0 Å². The lowest BCUT2D eigenvalue weighted by Crippen LogP contribution is -2.26. The molecule has 2 rings (SSSR count). The third-order valence-electron chi connectivity index (χ3n) is 3.03. The van der Waals surface area contributed by atoms with Gasteiger partial charge < -0.3 is 0 Å². The summed E-state index contributed by atoms with van der Waals surface area (Å²) < 4.78 is 13.2. The molecule has 1 aliphatic carbocycles. The third kappa shape index (κ3) is 1.45. The van der Waals surface area contributed by atoms with Gasteiger partial charge in [-0.2, -0.15) is 14.7 Å². The standard InChI is InChI=1S/C9H14FN3/c1-9(5-3-2-4-6-9)7-8(10)12-13-11-7/h2-6H2,1H3,(H,11,12,13). The molecule has 0 amide bonds. The molecule has 0 radical (unpaired) electrons. The van der Waals surface area contributed by atoms with Crippen LogP contribution in [0.4, 0.5) is 4.39 Å². The van der Waals surface area contributed by atoms with Gasteiger partial charge in [0.2, 0.25) is 0 Å². The zero-order chi connectivity index (χ0) is 9.31. The van der Waals surface area contributed by atoms with Crippen molar-refractivity contribution in [2.45, 2.75) is 44.4 Å². The van der Waals surface area contributed by atoms with Gasteiger partial charge in [-0.25, -0.2) is 0 Å². The van der Waals surface area contributed by atoms with Crippen LogP contribution in [0.15, 0.2) is 0 Å². The molecule has 3 nitrogen and oxygen atoms in total. The molecular formula is C9H14FN3. The van der Waals surface area contributed by atoms with Crippen molar-refractivity contribution in [3.63, 3.8) is 0 Å². The minimum absolute atomic E-state index is 0.0880. The molecule has 0 aromatic carbocycles. The zero-order valence-corrected chi connectivity index (χ0v) is 7.81. The van der Waals surface area contributed by atoms with Crippen molar-refractivity contribution in [1.82, 2.24) is 15.4 Å². The Bertz CT molecular complexity index is 289. The monoisotopic (exact) mass is 183 g/mol. The van der Waals surface area contributed by atoms with Crippen LogP contribution in [0.2, 0.25) is 0 Å². The van der Waals surface area contributed by atoms with Gasteiger partial charge in [-0.3, -0.25) is 0 Å². The molecule has 0 spiro atoms. The Kier molecular flexibility index (Phi) is 2.06. The molecule has 1 aromatic rings. The van der Waals surface area contributed by atoms with E-state index in [0.717, 1.165) is 12.8 Å². The molecule has 1 aliphatic rings. The Morgan fingerprint density at radius 3 is 2.46 bits per heavy atom. The normalized spacial score (nSPS) is 21.7. The molecule has 0 saturated heterocycles. The van der Waals surface area contributed by atoms with Gasteiger partial charge in [0.25, 0.3) is 5.95 Å². The van der Waals surface area contributed by atoms with E-state index in [1.807, 2.05) is 0 Å². The summed E-state index contributed by atoms with van der Waals surface area (Å²) in [5.41, 5.74) is 0.433. The smallest absolute Gasteiger partial charge is 0.195 e. The average Bonchev–Trinajstić information content (AvgIpc) is 2.53. The summed E-state index contributed by atoms with van der Waals surface area (Å²) in [7, 11) is 0. The highest BCUT2D eigenvalue weighted by molar-refractivity contribution is 5.12. The van der Waals surface area contributed by atoms with E-state index >= 15 is 0 Å². The Labute approximate surface area is 76.7 Å². The fraction of sp³-hybridized carbons (Fsp3) is 0.778. The number of rotatable bonds is 1. The second-order valence-electron chi connectivity index (χ2n) is 4.08. The highest BCUT2D eigenvalue weighted by atomic mass is 19.1. The Hall–Kier alpha value is -0.930. The minimum Gasteiger partial charge on any atom is -0.195 e. The predicted molar refractivity (Wildman–Crippen MR) is 46.8 cm³/mol. The van der Waals surface area contributed by atoms with Crippen molar-refractivity contribution < 1.29 is 4.39 Å². The average molecular weight is 183 g/mol. The van der Waals surface area contributed by atoms with Crippen LogP contribution < -0.4 is 0 Å². The van der Waals surface area contributed by atoms with Crippen LogP contribution in [-0.4, -0.2) is 15.4 Å². The topological polar surface area (TPSA) is 41.6 Å². The molecule has 1 saturated carbocycles. The van der Waals surface area contributed by atoms with Gasteiger partial charge in [-0.15, -0.1) is 5.10 Å². The quantitative estimate of drug-likeness (QED) is 0.724. The summed E-state index contributed by atoms with van der Waals surface area (Å²) in [4.78, 5) is 0. The Morgan fingerprint density at radius 1 is 1.23 bits per heavy atom. The lowest BCUT2D eigenvalue weighted by molar-refractivity contribution is 0.301. The van der Waals surface area contributed by atoms with Crippen LogP contribution in [0.5, 0.6) is 0 Å². The van der Waals surface area contributed by atoms with Gasteiger partial charge in [0.15, 0.2) is 0 Å². The lowest BCUT2D eigenvalue weighted by atomic mass is 9.73. The number of aromatic nitrogens is 3. The van der Waals surface area contributed by atoms with Crippen molar-refractivity contribution in [2.24, 2.45) is 0 Å². The summed E-state index contributed by atoms with van der Waals surface area (Å²) in [5, 5.41) is 9.68. The number of aromatic amines is 1. The van der Waals surface area contributed by atoms with Crippen LogP contribution in [-0.2, 0) is 5.41 Å². The first-order chi connectivity index (χ1) is 6.22. The van der Waals surface area contributed by atoms with Crippen molar-refractivity contribution in [2.75, 3.05) is 0 Å². The summed E-state index contributed by atoms with van der Waals surface area (Å²) in [5.74, 6) is -0.426. The molecule has 72 valence electrons. The Balaban J connectivity index is 2.27. The maximum Gasteiger partial charge on any atom is 0.256 e. The molecule has 4 heteroatoms. The molecule has 0 atom stereocenters. The zero-order valence-electron chi connectivity index (χ0n) is 7.81. The van der Waals surface area contributed by atoms with E-state index in [2.05, 4.69) is 22.3 Å². The summed E-state index contributed by atoms with van der Waals surface area (Å²) in [6, 6.07) is 0. The van der Waals surface area contributed by atoms with Gasteiger partial charge in [0.05, 0.1) is 0 Å².